The fraction of sp³-hybridized carbons (Fsp3) is 0.125. The molecule has 64 valence electrons. The second-order valence-electron chi connectivity index (χ2n) is 1.96. The van der Waals surface area contributed by atoms with Crippen LogP contribution < -0.4 is 5.11 Å². The molecule has 13 heavy (non-hydrogen) atoms. The van der Waals surface area contributed by atoms with Crippen molar-refractivity contribution in [2.24, 2.45) is 0 Å². The average Bonchev–Trinajstić information content (AvgIpc) is 2.53. The first-order valence-electron chi connectivity index (χ1n) is 3.26. The molecule has 1 aromatic heterocycles. The van der Waals surface area contributed by atoms with Gasteiger partial charge in [-0.05, 0) is 5.92 Å². The lowest BCUT2D eigenvalue weighted by Crippen LogP contribution is -2.21. The molecule has 0 bridgehead atoms. The Morgan fingerprint density at radius 1 is 1.77 bits per heavy atom. The number of rotatable bonds is 1. The van der Waals surface area contributed by atoms with Crippen LogP contribution in [-0.4, -0.2) is 11.0 Å². The molecule has 1 rings (SSSR count). The highest BCUT2D eigenvalue weighted by Gasteiger charge is 1.98. The zero-order valence-electron chi connectivity index (χ0n) is 6.40. The van der Waals surface area contributed by atoms with Crippen molar-refractivity contribution in [3.63, 3.8) is 0 Å². The van der Waals surface area contributed by atoms with E-state index < -0.39 is 5.97 Å². The number of nitrogens with zero attached hydrogens (tertiary/aromatic N) is 2. The first-order valence-corrected chi connectivity index (χ1v) is 4.14. The summed E-state index contributed by atoms with van der Waals surface area (Å²) < 4.78 is 0. The van der Waals surface area contributed by atoms with Gasteiger partial charge in [-0.15, -0.1) is 11.3 Å². The molecule has 0 N–H and O–H groups in total. The van der Waals surface area contributed by atoms with E-state index in [4.69, 9.17) is 5.26 Å². The molecule has 4 nitrogen and oxygen atoms in total. The highest BCUT2D eigenvalue weighted by atomic mass is 32.1. The van der Waals surface area contributed by atoms with Crippen LogP contribution in [0.3, 0.4) is 0 Å². The van der Waals surface area contributed by atoms with E-state index in [1.807, 2.05) is 6.07 Å². The third kappa shape index (κ3) is 2.58. The van der Waals surface area contributed by atoms with Crippen LogP contribution >= 0.6 is 11.3 Å². The van der Waals surface area contributed by atoms with Crippen molar-refractivity contribution >= 4 is 17.3 Å². The summed E-state index contributed by atoms with van der Waals surface area (Å²) in [4.78, 5) is 13.9. The lowest BCUT2D eigenvalue weighted by molar-refractivity contribution is -0.255. The van der Waals surface area contributed by atoms with Crippen molar-refractivity contribution in [1.29, 1.82) is 5.26 Å². The van der Waals surface area contributed by atoms with Crippen LogP contribution in [-0.2, 0) is 0 Å². The Morgan fingerprint density at radius 3 is 3.08 bits per heavy atom. The zero-order valence-corrected chi connectivity index (χ0v) is 7.22. The van der Waals surface area contributed by atoms with Crippen LogP contribution in [0.4, 0.5) is 0 Å². The maximum Gasteiger partial charge on any atom is 0.140 e. The summed E-state index contributed by atoms with van der Waals surface area (Å²) in [6, 6.07) is 1.84. The van der Waals surface area contributed by atoms with Crippen molar-refractivity contribution in [2.45, 2.75) is 6.42 Å². The summed E-state index contributed by atoms with van der Waals surface area (Å²) in [5.41, 5.74) is 0.361. The lowest BCUT2D eigenvalue weighted by atomic mass is 10.4. The number of hydrogen-bond donors (Lipinski definition) is 0. The Morgan fingerprint density at radius 2 is 2.54 bits per heavy atom. The second-order valence-corrected chi connectivity index (χ2v) is 2.82. The number of nitriles is 1. The van der Waals surface area contributed by atoms with Crippen molar-refractivity contribution in [3.05, 3.63) is 16.1 Å². The topological polar surface area (TPSA) is 76.8 Å². The van der Waals surface area contributed by atoms with Gasteiger partial charge in [0.15, 0.2) is 0 Å². The van der Waals surface area contributed by atoms with Gasteiger partial charge in [0, 0.05) is 5.38 Å². The number of hydrogen-bond acceptors (Lipinski definition) is 5. The molecule has 5 heteroatoms. The minimum absolute atomic E-state index is 0.0961. The van der Waals surface area contributed by atoms with Gasteiger partial charge in [0.05, 0.1) is 12.5 Å². The summed E-state index contributed by atoms with van der Waals surface area (Å²) in [5.74, 6) is 3.77. The van der Waals surface area contributed by atoms with E-state index in [1.165, 1.54) is 5.38 Å². The average molecular weight is 191 g/mol. The molecule has 0 atom stereocenters. The van der Waals surface area contributed by atoms with Crippen molar-refractivity contribution < 1.29 is 9.90 Å². The molecule has 0 aliphatic carbocycles. The summed E-state index contributed by atoms with van der Waals surface area (Å²) >= 11 is 0.957. The molecule has 1 aromatic rings. The van der Waals surface area contributed by atoms with Crippen molar-refractivity contribution in [3.8, 4) is 17.9 Å². The number of aromatic carboxylic acids is 1. The molecule has 0 radical (unpaired) electrons. The van der Waals surface area contributed by atoms with E-state index in [0.29, 0.717) is 5.69 Å². The quantitative estimate of drug-likeness (QED) is 0.574. The zero-order chi connectivity index (χ0) is 9.68. The van der Waals surface area contributed by atoms with Gasteiger partial charge >= 0.3 is 0 Å². The fourth-order valence-corrected chi connectivity index (χ4v) is 1.18. The number of carboxylic acids is 1. The Balaban J connectivity index is 2.78. The maximum atomic E-state index is 10.3. The van der Waals surface area contributed by atoms with Gasteiger partial charge in [-0.1, -0.05) is 5.92 Å². The molecule has 0 saturated carbocycles. The molecule has 0 unspecified atom stereocenters. The minimum atomic E-state index is -1.31. The third-order valence-corrected chi connectivity index (χ3v) is 1.89. The van der Waals surface area contributed by atoms with Crippen LogP contribution in [0.1, 0.15) is 21.9 Å². The largest absolute Gasteiger partial charge is 0.542 e. The van der Waals surface area contributed by atoms with Crippen molar-refractivity contribution in [1.82, 2.24) is 4.98 Å². The van der Waals surface area contributed by atoms with Gasteiger partial charge in [-0.25, -0.2) is 4.98 Å². The molecule has 0 saturated heterocycles. The normalized spacial score (nSPS) is 8.23. The van der Waals surface area contributed by atoms with Gasteiger partial charge in [0.2, 0.25) is 0 Å². The number of carbonyl (C=O) groups is 1. The molecule has 0 aliphatic heterocycles. The Labute approximate surface area is 78.5 Å². The Hall–Kier alpha value is -1.85. The first-order chi connectivity index (χ1) is 6.24. The van der Waals surface area contributed by atoms with Crippen LogP contribution in [0.15, 0.2) is 5.38 Å². The second kappa shape index (κ2) is 4.24. The smallest absolute Gasteiger partial charge is 0.140 e. The summed E-state index contributed by atoms with van der Waals surface area (Å²) in [6.07, 6.45) is 0.109. The van der Waals surface area contributed by atoms with E-state index in [-0.39, 0.29) is 11.4 Å². The molecule has 1 heterocycles. The predicted octanol–water partition coefficient (Wildman–Crippen LogP) is -0.228. The number of carboxylic acid groups (broad SMARTS) is 1. The lowest BCUT2D eigenvalue weighted by Gasteiger charge is -1.90. The minimum Gasteiger partial charge on any atom is -0.542 e. The number of thiazole rings is 1. The Bertz CT molecular complexity index is 419. The van der Waals surface area contributed by atoms with Crippen LogP contribution in [0.25, 0.3) is 0 Å². The van der Waals surface area contributed by atoms with E-state index in [2.05, 4.69) is 16.8 Å². The van der Waals surface area contributed by atoms with E-state index in [0.717, 1.165) is 11.3 Å². The molecular weight excluding hydrogens is 188 g/mol. The fourth-order valence-electron chi connectivity index (χ4n) is 0.599. The molecule has 0 spiro atoms. The highest BCUT2D eigenvalue weighted by molar-refractivity contribution is 7.11. The predicted molar refractivity (Wildman–Crippen MR) is 43.6 cm³/mol. The van der Waals surface area contributed by atoms with Gasteiger partial charge in [0.1, 0.15) is 16.7 Å². The van der Waals surface area contributed by atoms with E-state index in [1.54, 1.807) is 0 Å². The maximum absolute atomic E-state index is 10.3. The molecule has 0 aromatic carbocycles. The standard InChI is InChI=1S/C8H4N2O2S/c9-4-2-1-3-6-5-13-7(10-6)8(11)12/h5H,2H2,(H,11,12)/p-1. The molecule has 0 amide bonds. The molecular formula is C8H3N2O2S-. The van der Waals surface area contributed by atoms with Gasteiger partial charge in [-0.2, -0.15) is 5.26 Å². The monoisotopic (exact) mass is 191 g/mol. The summed E-state index contributed by atoms with van der Waals surface area (Å²) in [6.45, 7) is 0. The van der Waals surface area contributed by atoms with Gasteiger partial charge in [-0.3, -0.25) is 0 Å². The number of aromatic nitrogens is 1. The molecule has 0 fully saturated rings. The number of carbonyl (C=O) groups excluding carboxylic acids is 1. The van der Waals surface area contributed by atoms with Gasteiger partial charge in [0.25, 0.3) is 0 Å². The SMILES string of the molecule is N#CCC#Cc1csc(C(=O)[O-])n1. The van der Waals surface area contributed by atoms with Crippen molar-refractivity contribution in [2.75, 3.05) is 0 Å². The summed E-state index contributed by atoms with van der Waals surface area (Å²) in [7, 11) is 0. The van der Waals surface area contributed by atoms with Gasteiger partial charge < -0.3 is 9.90 Å². The molecule has 0 aliphatic rings. The Kier molecular flexibility index (Phi) is 3.02. The van der Waals surface area contributed by atoms with Crippen LogP contribution in [0.5, 0.6) is 0 Å². The third-order valence-electron chi connectivity index (χ3n) is 1.06. The highest BCUT2D eigenvalue weighted by Crippen LogP contribution is 2.07. The first kappa shape index (κ1) is 9.24. The van der Waals surface area contributed by atoms with E-state index in [9.17, 15) is 9.90 Å². The van der Waals surface area contributed by atoms with Crippen LogP contribution in [0, 0.1) is 23.2 Å². The van der Waals surface area contributed by atoms with Crippen LogP contribution in [0.2, 0.25) is 0 Å². The van der Waals surface area contributed by atoms with E-state index >= 15 is 0 Å². The summed E-state index contributed by atoms with van der Waals surface area (Å²) in [5, 5.41) is 19.9.